The summed E-state index contributed by atoms with van der Waals surface area (Å²) in [6.45, 7) is 1.17. The predicted molar refractivity (Wildman–Crippen MR) is 105 cm³/mol. The van der Waals surface area contributed by atoms with Gasteiger partial charge in [0.15, 0.2) is 5.75 Å². The summed E-state index contributed by atoms with van der Waals surface area (Å²) < 4.78 is 10.8. The Morgan fingerprint density at radius 2 is 1.93 bits per heavy atom. The van der Waals surface area contributed by atoms with Crippen LogP contribution in [0, 0.1) is 10.1 Å². The normalized spacial score (nSPS) is 10.5. The van der Waals surface area contributed by atoms with Crippen LogP contribution in [-0.4, -0.2) is 30.1 Å². The molecule has 2 aromatic rings. The number of nitro groups is 1. The fraction of sp³-hybridized carbons (Fsp3) is 0.167. The first-order valence-electron chi connectivity index (χ1n) is 7.92. The van der Waals surface area contributed by atoms with Crippen LogP contribution in [-0.2, 0) is 16.0 Å². The van der Waals surface area contributed by atoms with E-state index in [9.17, 15) is 19.7 Å². The van der Waals surface area contributed by atoms with Crippen molar-refractivity contribution >= 4 is 39.7 Å². The van der Waals surface area contributed by atoms with E-state index in [-0.39, 0.29) is 29.4 Å². The van der Waals surface area contributed by atoms with Crippen LogP contribution < -0.4 is 14.9 Å². The molecular formula is C18H16BrN3O6. The number of nitro benzene ring substituents is 1. The molecule has 2 aromatic carbocycles. The number of amides is 1. The summed E-state index contributed by atoms with van der Waals surface area (Å²) in [5.74, 6) is -1.33. The van der Waals surface area contributed by atoms with Crippen LogP contribution in [0.1, 0.15) is 18.1 Å². The Kier molecular flexibility index (Phi) is 7.21. The molecule has 1 amide bonds. The van der Waals surface area contributed by atoms with E-state index in [4.69, 9.17) is 9.47 Å². The van der Waals surface area contributed by atoms with Crippen LogP contribution in [0.15, 0.2) is 46.0 Å². The van der Waals surface area contributed by atoms with Crippen LogP contribution in [0.3, 0.4) is 0 Å². The van der Waals surface area contributed by atoms with Gasteiger partial charge in [0.2, 0.25) is 11.7 Å². The van der Waals surface area contributed by atoms with Crippen LogP contribution in [0.2, 0.25) is 0 Å². The minimum absolute atomic E-state index is 0.0710. The first-order chi connectivity index (χ1) is 13.3. The Balaban J connectivity index is 2.17. The molecule has 28 heavy (non-hydrogen) atoms. The summed E-state index contributed by atoms with van der Waals surface area (Å²) in [5, 5.41) is 15.2. The summed E-state index contributed by atoms with van der Waals surface area (Å²) >= 11 is 3.31. The van der Waals surface area contributed by atoms with E-state index in [1.165, 1.54) is 26.2 Å². The van der Waals surface area contributed by atoms with E-state index in [0.717, 1.165) is 16.3 Å². The number of carbonyl (C=O) groups is 2. The Morgan fingerprint density at radius 1 is 1.25 bits per heavy atom. The second kappa shape index (κ2) is 9.60. The lowest BCUT2D eigenvalue weighted by atomic mass is 10.1. The largest absolute Gasteiger partial charge is 0.488 e. The van der Waals surface area contributed by atoms with Gasteiger partial charge in [-0.3, -0.25) is 19.7 Å². The molecule has 0 heterocycles. The number of esters is 1. The number of hydrogen-bond acceptors (Lipinski definition) is 7. The summed E-state index contributed by atoms with van der Waals surface area (Å²) in [4.78, 5) is 33.8. The van der Waals surface area contributed by atoms with E-state index >= 15 is 0 Å². The topological polar surface area (TPSA) is 120 Å². The van der Waals surface area contributed by atoms with Gasteiger partial charge < -0.3 is 9.47 Å². The second-order valence-electron chi connectivity index (χ2n) is 5.48. The molecule has 0 atom stereocenters. The van der Waals surface area contributed by atoms with Gasteiger partial charge in [-0.05, 0) is 29.8 Å². The molecule has 0 aromatic heterocycles. The molecule has 1 N–H and O–H groups in total. The molecule has 0 fully saturated rings. The van der Waals surface area contributed by atoms with Crippen LogP contribution >= 0.6 is 15.9 Å². The smallest absolute Gasteiger partial charge is 0.323 e. The summed E-state index contributed by atoms with van der Waals surface area (Å²) in [6.07, 6.45) is 1.22. The van der Waals surface area contributed by atoms with E-state index in [0.29, 0.717) is 0 Å². The van der Waals surface area contributed by atoms with Crippen LogP contribution in [0.4, 0.5) is 5.69 Å². The van der Waals surface area contributed by atoms with Crippen molar-refractivity contribution in [2.24, 2.45) is 5.10 Å². The number of nitrogens with zero attached hydrogens (tertiary/aromatic N) is 2. The number of carbonyl (C=O) groups excluding carboxylic acids is 2. The predicted octanol–water partition coefficient (Wildman–Crippen LogP) is 2.98. The number of hydrogen-bond donors (Lipinski definition) is 1. The van der Waals surface area contributed by atoms with Crippen molar-refractivity contribution in [3.05, 3.63) is 62.1 Å². The van der Waals surface area contributed by atoms with Gasteiger partial charge in [-0.25, -0.2) is 5.43 Å². The summed E-state index contributed by atoms with van der Waals surface area (Å²) in [6, 6.07) is 9.88. The summed E-state index contributed by atoms with van der Waals surface area (Å²) in [5.41, 5.74) is 2.73. The molecule has 0 aliphatic rings. The molecule has 0 aliphatic carbocycles. The van der Waals surface area contributed by atoms with Crippen molar-refractivity contribution < 1.29 is 24.0 Å². The first-order valence-corrected chi connectivity index (χ1v) is 8.71. The third-order valence-electron chi connectivity index (χ3n) is 3.44. The van der Waals surface area contributed by atoms with Gasteiger partial charge >= 0.3 is 11.7 Å². The molecular weight excluding hydrogens is 434 g/mol. The monoisotopic (exact) mass is 449 g/mol. The average Bonchev–Trinajstić information content (AvgIpc) is 2.63. The molecule has 2 rings (SSSR count). The number of nitrogens with one attached hydrogen (secondary N) is 1. The average molecular weight is 450 g/mol. The van der Waals surface area contributed by atoms with Gasteiger partial charge in [-0.1, -0.05) is 28.1 Å². The van der Waals surface area contributed by atoms with Gasteiger partial charge in [-0.2, -0.15) is 5.10 Å². The molecule has 0 radical (unpaired) electrons. The molecule has 0 saturated carbocycles. The van der Waals surface area contributed by atoms with Crippen molar-refractivity contribution in [3.63, 3.8) is 0 Å². The molecule has 0 spiro atoms. The quantitative estimate of drug-likeness (QED) is 0.228. The number of ether oxygens (including phenoxy) is 2. The standard InChI is InChI=1S/C18H16BrN3O6/c1-11(23)28-15-8-5-13(17(22(25)26)18(15)27-2)10-20-21-16(24)9-12-3-6-14(19)7-4-12/h3-8,10H,9H2,1-2H3,(H,21,24). The molecule has 146 valence electrons. The minimum atomic E-state index is -0.684. The van der Waals surface area contributed by atoms with Crippen LogP contribution in [0.5, 0.6) is 11.5 Å². The Labute approximate surface area is 168 Å². The molecule has 9 nitrogen and oxygen atoms in total. The molecule has 10 heteroatoms. The third-order valence-corrected chi connectivity index (χ3v) is 3.97. The zero-order chi connectivity index (χ0) is 20.7. The second-order valence-corrected chi connectivity index (χ2v) is 6.40. The highest BCUT2D eigenvalue weighted by Crippen LogP contribution is 2.39. The van der Waals surface area contributed by atoms with Crippen molar-refractivity contribution in [2.45, 2.75) is 13.3 Å². The van der Waals surface area contributed by atoms with Gasteiger partial charge in [0.25, 0.3) is 0 Å². The van der Waals surface area contributed by atoms with Gasteiger partial charge in [0.05, 0.1) is 30.2 Å². The number of rotatable bonds is 7. The number of hydrazone groups is 1. The maximum Gasteiger partial charge on any atom is 0.323 e. The van der Waals surface area contributed by atoms with Gasteiger partial charge in [-0.15, -0.1) is 0 Å². The zero-order valence-electron chi connectivity index (χ0n) is 15.0. The maximum atomic E-state index is 12.0. The van der Waals surface area contributed by atoms with Crippen LogP contribution in [0.25, 0.3) is 0 Å². The minimum Gasteiger partial charge on any atom is -0.488 e. The van der Waals surface area contributed by atoms with E-state index in [2.05, 4.69) is 26.5 Å². The third kappa shape index (κ3) is 5.61. The Morgan fingerprint density at radius 3 is 2.50 bits per heavy atom. The fourth-order valence-electron chi connectivity index (χ4n) is 2.29. The van der Waals surface area contributed by atoms with Crippen molar-refractivity contribution in [2.75, 3.05) is 7.11 Å². The number of halogens is 1. The highest BCUT2D eigenvalue weighted by molar-refractivity contribution is 9.10. The highest BCUT2D eigenvalue weighted by Gasteiger charge is 2.25. The lowest BCUT2D eigenvalue weighted by Gasteiger charge is -2.09. The maximum absolute atomic E-state index is 12.0. The molecule has 0 saturated heterocycles. The fourth-order valence-corrected chi connectivity index (χ4v) is 2.56. The van der Waals surface area contributed by atoms with Crippen molar-refractivity contribution in [1.82, 2.24) is 5.43 Å². The van der Waals surface area contributed by atoms with Gasteiger partial charge in [0, 0.05) is 11.4 Å². The highest BCUT2D eigenvalue weighted by atomic mass is 79.9. The SMILES string of the molecule is COc1c(OC(C)=O)ccc(C=NNC(=O)Cc2ccc(Br)cc2)c1[N+](=O)[O-]. The Hall–Kier alpha value is -3.27. The van der Waals surface area contributed by atoms with Gasteiger partial charge in [0.1, 0.15) is 0 Å². The molecule has 0 aliphatic heterocycles. The van der Waals surface area contributed by atoms with E-state index < -0.39 is 16.6 Å². The lowest BCUT2D eigenvalue weighted by molar-refractivity contribution is -0.385. The Bertz CT molecular complexity index is 928. The zero-order valence-corrected chi connectivity index (χ0v) is 16.6. The number of methoxy groups -OCH3 is 1. The van der Waals surface area contributed by atoms with Crippen molar-refractivity contribution in [3.8, 4) is 11.5 Å². The molecule has 0 unspecified atom stereocenters. The first kappa shape index (κ1) is 21.0. The van der Waals surface area contributed by atoms with E-state index in [1.54, 1.807) is 12.1 Å². The van der Waals surface area contributed by atoms with Crippen molar-refractivity contribution in [1.29, 1.82) is 0 Å². The summed E-state index contributed by atoms with van der Waals surface area (Å²) in [7, 11) is 1.22. The molecule has 0 bridgehead atoms. The van der Waals surface area contributed by atoms with E-state index in [1.807, 2.05) is 12.1 Å². The lowest BCUT2D eigenvalue weighted by Crippen LogP contribution is -2.19. The number of benzene rings is 2.